The van der Waals surface area contributed by atoms with Crippen molar-refractivity contribution in [2.45, 2.75) is 52.2 Å². The van der Waals surface area contributed by atoms with Gasteiger partial charge in [0.1, 0.15) is 0 Å². The van der Waals surface area contributed by atoms with Crippen LogP contribution in [0.5, 0.6) is 0 Å². The number of hydrogen-bond donors (Lipinski definition) is 2. The minimum Gasteiger partial charge on any atom is -0.465 e. The summed E-state index contributed by atoms with van der Waals surface area (Å²) in [6.45, 7) is 7.25. The molecule has 0 spiro atoms. The average molecular weight is 356 g/mol. The Morgan fingerprint density at radius 3 is 2.62 bits per heavy atom. The van der Waals surface area contributed by atoms with Gasteiger partial charge >= 0.3 is 6.09 Å². The van der Waals surface area contributed by atoms with E-state index in [4.69, 9.17) is 0 Å². The maximum absolute atomic E-state index is 12.2. The molecule has 7 heteroatoms. The molecule has 0 aliphatic carbocycles. The van der Waals surface area contributed by atoms with E-state index in [2.05, 4.69) is 10.2 Å². The summed E-state index contributed by atoms with van der Waals surface area (Å²) in [7, 11) is 0. The van der Waals surface area contributed by atoms with Crippen molar-refractivity contribution in [1.82, 2.24) is 15.1 Å². The molecule has 2 N–H and O–H groups in total. The summed E-state index contributed by atoms with van der Waals surface area (Å²) in [5, 5.41) is 16.5. The number of fused-ring (bicyclic) bond motifs is 1. The van der Waals surface area contributed by atoms with Crippen molar-refractivity contribution in [2.75, 3.05) is 4.90 Å². The zero-order chi connectivity index (χ0) is 19.0. The standard InChI is InChI=1S/C19H24N4O3/c1-11(2)22(19(25)26)18-7-12(3)23(13(4)24)17-6-5-14(8-16(17)18)15-9-20-21-10-15/h5-6,8-12,18H,7H2,1-4H3,(H,20,21)(H,25,26)/t12-,18+/m0/s1. The summed E-state index contributed by atoms with van der Waals surface area (Å²) in [6, 6.07) is 5.27. The number of nitrogens with zero attached hydrogens (tertiary/aromatic N) is 3. The first-order valence-corrected chi connectivity index (χ1v) is 8.75. The fraction of sp³-hybridized carbons (Fsp3) is 0.421. The number of hydrogen-bond acceptors (Lipinski definition) is 3. The van der Waals surface area contributed by atoms with Crippen LogP contribution in [0.3, 0.4) is 0 Å². The van der Waals surface area contributed by atoms with Crippen LogP contribution in [0.1, 0.15) is 45.7 Å². The van der Waals surface area contributed by atoms with Gasteiger partial charge in [-0.2, -0.15) is 5.10 Å². The predicted octanol–water partition coefficient (Wildman–Crippen LogP) is 3.65. The Morgan fingerprint density at radius 2 is 2.08 bits per heavy atom. The number of carbonyl (C=O) groups excluding carboxylic acids is 1. The number of aromatic amines is 1. The number of nitrogens with one attached hydrogen (secondary N) is 1. The van der Waals surface area contributed by atoms with E-state index in [-0.39, 0.29) is 24.0 Å². The lowest BCUT2D eigenvalue weighted by molar-refractivity contribution is -0.117. The summed E-state index contributed by atoms with van der Waals surface area (Å²) >= 11 is 0. The van der Waals surface area contributed by atoms with Gasteiger partial charge in [0.15, 0.2) is 0 Å². The van der Waals surface area contributed by atoms with E-state index in [9.17, 15) is 14.7 Å². The molecule has 138 valence electrons. The van der Waals surface area contributed by atoms with Crippen molar-refractivity contribution in [3.05, 3.63) is 36.2 Å². The first-order chi connectivity index (χ1) is 12.3. The van der Waals surface area contributed by atoms with Gasteiger partial charge in [0.25, 0.3) is 0 Å². The van der Waals surface area contributed by atoms with Gasteiger partial charge in [0.05, 0.1) is 12.2 Å². The molecule has 2 amide bonds. The van der Waals surface area contributed by atoms with E-state index in [1.54, 1.807) is 24.2 Å². The molecule has 2 atom stereocenters. The molecule has 1 aromatic carbocycles. The predicted molar refractivity (Wildman–Crippen MR) is 99.0 cm³/mol. The smallest absolute Gasteiger partial charge is 0.408 e. The quantitative estimate of drug-likeness (QED) is 0.878. The molecule has 7 nitrogen and oxygen atoms in total. The zero-order valence-corrected chi connectivity index (χ0v) is 15.4. The maximum atomic E-state index is 12.2. The molecule has 0 unspecified atom stereocenters. The minimum absolute atomic E-state index is 0.0420. The number of amides is 2. The molecular formula is C19H24N4O3. The van der Waals surface area contributed by atoms with Crippen molar-refractivity contribution in [3.8, 4) is 11.1 Å². The van der Waals surface area contributed by atoms with Crippen molar-refractivity contribution in [2.24, 2.45) is 0 Å². The number of H-pyrrole nitrogens is 1. The highest BCUT2D eigenvalue weighted by molar-refractivity contribution is 5.94. The van der Waals surface area contributed by atoms with Crippen molar-refractivity contribution >= 4 is 17.7 Å². The monoisotopic (exact) mass is 356 g/mol. The van der Waals surface area contributed by atoms with Gasteiger partial charge in [-0.25, -0.2) is 4.79 Å². The van der Waals surface area contributed by atoms with Gasteiger partial charge in [-0.3, -0.25) is 14.8 Å². The Kier molecular flexibility index (Phi) is 4.71. The number of rotatable bonds is 3. The van der Waals surface area contributed by atoms with Crippen LogP contribution < -0.4 is 4.90 Å². The van der Waals surface area contributed by atoms with Gasteiger partial charge in [-0.15, -0.1) is 0 Å². The zero-order valence-electron chi connectivity index (χ0n) is 15.4. The maximum Gasteiger partial charge on any atom is 0.408 e. The highest BCUT2D eigenvalue weighted by Crippen LogP contribution is 2.43. The Bertz CT molecular complexity index is 816. The Labute approximate surface area is 152 Å². The lowest BCUT2D eigenvalue weighted by atomic mass is 9.88. The summed E-state index contributed by atoms with van der Waals surface area (Å²) < 4.78 is 0. The third-order valence-electron chi connectivity index (χ3n) is 4.94. The molecule has 2 heterocycles. The minimum atomic E-state index is -0.951. The highest BCUT2D eigenvalue weighted by Gasteiger charge is 2.38. The Balaban J connectivity index is 2.17. The van der Waals surface area contributed by atoms with Gasteiger partial charge in [-0.1, -0.05) is 6.07 Å². The van der Waals surface area contributed by atoms with Crippen molar-refractivity contribution < 1.29 is 14.7 Å². The summed E-state index contributed by atoms with van der Waals surface area (Å²) in [4.78, 5) is 27.4. The second-order valence-electron chi connectivity index (χ2n) is 7.03. The third kappa shape index (κ3) is 3.05. The van der Waals surface area contributed by atoms with E-state index in [0.717, 1.165) is 22.4 Å². The Morgan fingerprint density at radius 1 is 1.35 bits per heavy atom. The van der Waals surface area contributed by atoms with Crippen molar-refractivity contribution in [3.63, 3.8) is 0 Å². The topological polar surface area (TPSA) is 89.5 Å². The normalized spacial score (nSPS) is 19.3. The second kappa shape index (κ2) is 6.82. The molecule has 0 radical (unpaired) electrons. The lowest BCUT2D eigenvalue weighted by Crippen LogP contribution is -2.48. The van der Waals surface area contributed by atoms with Crippen LogP contribution in [0.4, 0.5) is 10.5 Å². The fourth-order valence-corrected chi connectivity index (χ4v) is 3.88. The third-order valence-corrected chi connectivity index (χ3v) is 4.94. The molecule has 26 heavy (non-hydrogen) atoms. The van der Waals surface area contributed by atoms with Crippen LogP contribution in [0, 0.1) is 0 Å². The molecule has 0 saturated heterocycles. The highest BCUT2D eigenvalue weighted by atomic mass is 16.4. The van der Waals surface area contributed by atoms with Crippen LogP contribution >= 0.6 is 0 Å². The number of aromatic nitrogens is 2. The SMILES string of the molecule is CC(=O)N1c2ccc(-c3cn[nH]c3)cc2[C@H](N(C(=O)O)C(C)C)C[C@@H]1C. The molecule has 1 aliphatic heterocycles. The van der Waals surface area contributed by atoms with E-state index in [1.807, 2.05) is 39.0 Å². The van der Waals surface area contributed by atoms with Gasteiger partial charge in [0, 0.05) is 36.5 Å². The number of carboxylic acid groups (broad SMARTS) is 1. The average Bonchev–Trinajstić information content (AvgIpc) is 3.07. The van der Waals surface area contributed by atoms with E-state index >= 15 is 0 Å². The molecule has 0 bridgehead atoms. The van der Waals surface area contributed by atoms with Crippen LogP contribution in [-0.4, -0.2) is 44.3 Å². The van der Waals surface area contributed by atoms with E-state index in [0.29, 0.717) is 6.42 Å². The van der Waals surface area contributed by atoms with E-state index in [1.165, 1.54) is 4.90 Å². The molecule has 0 saturated carbocycles. The Hall–Kier alpha value is -2.83. The molecule has 3 rings (SSSR count). The van der Waals surface area contributed by atoms with Crippen LogP contribution in [0.15, 0.2) is 30.6 Å². The van der Waals surface area contributed by atoms with Gasteiger partial charge in [-0.05, 0) is 50.5 Å². The molecular weight excluding hydrogens is 332 g/mol. The first kappa shape index (κ1) is 18.0. The number of anilines is 1. The van der Waals surface area contributed by atoms with Crippen LogP contribution in [-0.2, 0) is 4.79 Å². The van der Waals surface area contributed by atoms with Crippen molar-refractivity contribution in [1.29, 1.82) is 0 Å². The first-order valence-electron chi connectivity index (χ1n) is 8.75. The lowest BCUT2D eigenvalue weighted by Gasteiger charge is -2.43. The van der Waals surface area contributed by atoms with Crippen LogP contribution in [0.25, 0.3) is 11.1 Å². The number of carbonyl (C=O) groups is 2. The van der Waals surface area contributed by atoms with E-state index < -0.39 is 6.09 Å². The fourth-order valence-electron chi connectivity index (χ4n) is 3.88. The molecule has 0 fully saturated rings. The van der Waals surface area contributed by atoms with Gasteiger partial charge in [0.2, 0.25) is 5.91 Å². The number of benzene rings is 1. The molecule has 1 aromatic heterocycles. The largest absolute Gasteiger partial charge is 0.465 e. The van der Waals surface area contributed by atoms with Crippen LogP contribution in [0.2, 0.25) is 0 Å². The second-order valence-corrected chi connectivity index (χ2v) is 7.03. The van der Waals surface area contributed by atoms with Gasteiger partial charge < -0.3 is 10.0 Å². The molecule has 1 aliphatic rings. The molecule has 2 aromatic rings. The summed E-state index contributed by atoms with van der Waals surface area (Å²) in [5.74, 6) is -0.0420. The summed E-state index contributed by atoms with van der Waals surface area (Å²) in [6.07, 6.45) is 3.13. The summed E-state index contributed by atoms with van der Waals surface area (Å²) in [5.41, 5.74) is 3.49.